The van der Waals surface area contributed by atoms with Gasteiger partial charge in [0.05, 0.1) is 12.4 Å². The summed E-state index contributed by atoms with van der Waals surface area (Å²) in [4.78, 5) is 18.0. The van der Waals surface area contributed by atoms with E-state index in [-0.39, 0.29) is 0 Å². The third-order valence-electron chi connectivity index (χ3n) is 4.40. The van der Waals surface area contributed by atoms with Crippen LogP contribution < -0.4 is 0 Å². The maximum Gasteiger partial charge on any atom is 0.222 e. The van der Waals surface area contributed by atoms with Gasteiger partial charge in [0, 0.05) is 31.9 Å². The fourth-order valence-electron chi connectivity index (χ4n) is 3.12. The summed E-state index contributed by atoms with van der Waals surface area (Å²) in [6, 6.07) is 0.447. The molecule has 1 saturated carbocycles. The van der Waals surface area contributed by atoms with Crippen LogP contribution in [0.15, 0.2) is 18.7 Å². The van der Waals surface area contributed by atoms with Crippen LogP contribution in [0.1, 0.15) is 44.6 Å². The first kappa shape index (κ1) is 11.8. The van der Waals surface area contributed by atoms with Gasteiger partial charge in [-0.2, -0.15) is 0 Å². The number of hydrogen-bond acceptors (Lipinski definition) is 2. The Labute approximate surface area is 108 Å². The molecule has 0 aromatic carbocycles. The van der Waals surface area contributed by atoms with E-state index in [0.717, 1.165) is 31.8 Å². The van der Waals surface area contributed by atoms with E-state index in [0.29, 0.717) is 11.9 Å². The Hall–Kier alpha value is -1.32. The van der Waals surface area contributed by atoms with Crippen molar-refractivity contribution in [1.29, 1.82) is 0 Å². The van der Waals surface area contributed by atoms with Crippen LogP contribution in [0, 0.1) is 5.92 Å². The molecular weight excluding hydrogens is 226 g/mol. The second kappa shape index (κ2) is 5.12. The molecule has 1 amide bonds. The van der Waals surface area contributed by atoms with Gasteiger partial charge in [-0.25, -0.2) is 4.98 Å². The highest BCUT2D eigenvalue weighted by Gasteiger charge is 2.31. The summed E-state index contributed by atoms with van der Waals surface area (Å²) in [6.07, 6.45) is 12.9. The van der Waals surface area contributed by atoms with Crippen molar-refractivity contribution >= 4 is 5.91 Å². The Bertz CT molecular complexity index is 389. The van der Waals surface area contributed by atoms with Crippen molar-refractivity contribution in [3.8, 4) is 0 Å². The number of rotatable bonds is 4. The van der Waals surface area contributed by atoms with Crippen molar-refractivity contribution in [2.75, 3.05) is 13.1 Å². The topological polar surface area (TPSA) is 38.1 Å². The molecule has 0 spiro atoms. The third kappa shape index (κ3) is 2.42. The summed E-state index contributed by atoms with van der Waals surface area (Å²) in [5, 5.41) is 0. The SMILES string of the molecule is O=C(CCC1CCCC1)N1CC(n2ccnc2)C1. The maximum absolute atomic E-state index is 12.0. The molecule has 1 saturated heterocycles. The highest BCUT2D eigenvalue weighted by atomic mass is 16.2. The minimum Gasteiger partial charge on any atom is -0.338 e. The molecule has 0 bridgehead atoms. The van der Waals surface area contributed by atoms with E-state index in [9.17, 15) is 4.79 Å². The van der Waals surface area contributed by atoms with Crippen LogP contribution in [-0.2, 0) is 4.79 Å². The van der Waals surface area contributed by atoms with Crippen LogP contribution in [0.25, 0.3) is 0 Å². The van der Waals surface area contributed by atoms with E-state index in [4.69, 9.17) is 0 Å². The van der Waals surface area contributed by atoms with E-state index in [1.165, 1.54) is 25.7 Å². The molecule has 0 N–H and O–H groups in total. The Morgan fingerprint density at radius 1 is 1.28 bits per heavy atom. The van der Waals surface area contributed by atoms with Gasteiger partial charge in [-0.05, 0) is 12.3 Å². The molecule has 4 nitrogen and oxygen atoms in total. The highest BCUT2D eigenvalue weighted by Crippen LogP contribution is 2.29. The zero-order chi connectivity index (χ0) is 12.4. The molecule has 4 heteroatoms. The molecule has 1 aliphatic heterocycles. The second-order valence-electron chi connectivity index (χ2n) is 5.65. The molecule has 0 unspecified atom stereocenters. The van der Waals surface area contributed by atoms with Gasteiger partial charge in [0.1, 0.15) is 0 Å². The number of amides is 1. The van der Waals surface area contributed by atoms with Crippen molar-refractivity contribution in [3.63, 3.8) is 0 Å². The molecule has 2 heterocycles. The zero-order valence-electron chi connectivity index (χ0n) is 10.8. The van der Waals surface area contributed by atoms with Gasteiger partial charge in [-0.3, -0.25) is 4.79 Å². The molecule has 98 valence electrons. The Morgan fingerprint density at radius 3 is 2.72 bits per heavy atom. The average Bonchev–Trinajstić information content (AvgIpc) is 2.97. The number of aromatic nitrogens is 2. The van der Waals surface area contributed by atoms with Crippen molar-refractivity contribution < 1.29 is 4.79 Å². The van der Waals surface area contributed by atoms with Crippen LogP contribution in [0.3, 0.4) is 0 Å². The van der Waals surface area contributed by atoms with Gasteiger partial charge < -0.3 is 9.47 Å². The molecule has 1 aromatic rings. The second-order valence-corrected chi connectivity index (χ2v) is 5.65. The van der Waals surface area contributed by atoms with E-state index < -0.39 is 0 Å². The first-order valence-corrected chi connectivity index (χ1v) is 7.08. The lowest BCUT2D eigenvalue weighted by Gasteiger charge is -2.40. The molecule has 3 rings (SSSR count). The van der Waals surface area contributed by atoms with Gasteiger partial charge >= 0.3 is 0 Å². The first-order chi connectivity index (χ1) is 8.83. The molecule has 18 heavy (non-hydrogen) atoms. The van der Waals surface area contributed by atoms with Crippen LogP contribution in [0.5, 0.6) is 0 Å². The van der Waals surface area contributed by atoms with Gasteiger partial charge in [-0.1, -0.05) is 25.7 Å². The van der Waals surface area contributed by atoms with E-state index in [2.05, 4.69) is 9.55 Å². The van der Waals surface area contributed by atoms with E-state index in [1.54, 1.807) is 6.20 Å². The lowest BCUT2D eigenvalue weighted by atomic mass is 10.00. The van der Waals surface area contributed by atoms with Crippen LogP contribution in [0.2, 0.25) is 0 Å². The minimum atomic E-state index is 0.346. The van der Waals surface area contributed by atoms with Gasteiger partial charge in [-0.15, -0.1) is 0 Å². The van der Waals surface area contributed by atoms with Crippen LogP contribution in [0.4, 0.5) is 0 Å². The molecular formula is C14H21N3O. The third-order valence-corrected chi connectivity index (χ3v) is 4.40. The quantitative estimate of drug-likeness (QED) is 0.818. The predicted octanol–water partition coefficient (Wildman–Crippen LogP) is 2.24. The number of nitrogens with zero attached hydrogens (tertiary/aromatic N) is 3. The summed E-state index contributed by atoms with van der Waals surface area (Å²) < 4.78 is 2.10. The molecule has 1 aliphatic carbocycles. The highest BCUT2D eigenvalue weighted by molar-refractivity contribution is 5.77. The Balaban J connectivity index is 1.39. The fraction of sp³-hybridized carbons (Fsp3) is 0.714. The van der Waals surface area contributed by atoms with Gasteiger partial charge in [0.25, 0.3) is 0 Å². The summed E-state index contributed by atoms with van der Waals surface area (Å²) >= 11 is 0. The number of imidazole rings is 1. The van der Waals surface area contributed by atoms with E-state index >= 15 is 0 Å². The Kier molecular flexibility index (Phi) is 3.35. The summed E-state index contributed by atoms with van der Waals surface area (Å²) in [5.74, 6) is 1.16. The molecule has 2 fully saturated rings. The van der Waals surface area contributed by atoms with Crippen molar-refractivity contribution in [2.45, 2.75) is 44.6 Å². The summed E-state index contributed by atoms with van der Waals surface area (Å²) in [6.45, 7) is 1.72. The summed E-state index contributed by atoms with van der Waals surface area (Å²) in [5.41, 5.74) is 0. The monoisotopic (exact) mass is 247 g/mol. The van der Waals surface area contributed by atoms with Crippen LogP contribution in [-0.4, -0.2) is 33.4 Å². The maximum atomic E-state index is 12.0. The van der Waals surface area contributed by atoms with Gasteiger partial charge in [0.2, 0.25) is 5.91 Å². The molecule has 2 aliphatic rings. The standard InChI is InChI=1S/C14H21N3O/c18-14(6-5-12-3-1-2-4-12)17-9-13(10-17)16-8-7-15-11-16/h7-8,11-13H,1-6,9-10H2. The number of hydrogen-bond donors (Lipinski definition) is 0. The number of carbonyl (C=O) groups is 1. The molecule has 0 atom stereocenters. The van der Waals surface area contributed by atoms with Gasteiger partial charge in [0.15, 0.2) is 0 Å². The lowest BCUT2D eigenvalue weighted by Crippen LogP contribution is -2.50. The lowest BCUT2D eigenvalue weighted by molar-refractivity contribution is -0.137. The van der Waals surface area contributed by atoms with Crippen molar-refractivity contribution in [2.24, 2.45) is 5.92 Å². The molecule has 0 radical (unpaired) electrons. The van der Waals surface area contributed by atoms with Crippen molar-refractivity contribution in [3.05, 3.63) is 18.7 Å². The largest absolute Gasteiger partial charge is 0.338 e. The number of carbonyl (C=O) groups excluding carboxylic acids is 1. The molecule has 1 aromatic heterocycles. The Morgan fingerprint density at radius 2 is 2.06 bits per heavy atom. The normalized spacial score (nSPS) is 21.2. The minimum absolute atomic E-state index is 0.346. The van der Waals surface area contributed by atoms with Crippen molar-refractivity contribution in [1.82, 2.24) is 14.5 Å². The fourth-order valence-corrected chi connectivity index (χ4v) is 3.12. The number of likely N-dealkylation sites (tertiary alicyclic amines) is 1. The average molecular weight is 247 g/mol. The van der Waals surface area contributed by atoms with Crippen LogP contribution >= 0.6 is 0 Å². The predicted molar refractivity (Wildman–Crippen MR) is 69.0 cm³/mol. The van der Waals surface area contributed by atoms with E-state index in [1.807, 2.05) is 17.4 Å². The summed E-state index contributed by atoms with van der Waals surface area (Å²) in [7, 11) is 0. The smallest absolute Gasteiger partial charge is 0.222 e. The zero-order valence-corrected chi connectivity index (χ0v) is 10.8. The first-order valence-electron chi connectivity index (χ1n) is 7.08.